The molecule has 3 rings (SSSR count). The second-order valence-electron chi connectivity index (χ2n) is 7.72. The van der Waals surface area contributed by atoms with Gasteiger partial charge < -0.3 is 15.1 Å². The largest absolute Gasteiger partial charge is 0.369 e. The van der Waals surface area contributed by atoms with E-state index >= 15 is 0 Å². The van der Waals surface area contributed by atoms with Gasteiger partial charge in [-0.25, -0.2) is 0 Å². The van der Waals surface area contributed by atoms with Gasteiger partial charge in [-0.05, 0) is 57.1 Å². The Morgan fingerprint density at radius 3 is 2.34 bits per heavy atom. The summed E-state index contributed by atoms with van der Waals surface area (Å²) in [6, 6.07) is 7.99. The zero-order valence-electron chi connectivity index (χ0n) is 17.9. The number of amides is 1. The topological polar surface area (TPSA) is 52.6 Å². The van der Waals surface area contributed by atoms with Crippen LogP contribution in [-0.2, 0) is 4.79 Å². The minimum absolute atomic E-state index is 0.0414. The van der Waals surface area contributed by atoms with Gasteiger partial charge in [0.2, 0.25) is 5.91 Å². The van der Waals surface area contributed by atoms with Crippen molar-refractivity contribution in [1.29, 1.82) is 0 Å². The number of hydrogen-bond acceptors (Lipinski definition) is 5. The van der Waals surface area contributed by atoms with Crippen LogP contribution in [0.15, 0.2) is 24.3 Å². The lowest BCUT2D eigenvalue weighted by atomic mass is 10.1. The number of nitrogens with zero attached hydrogens (tertiary/aromatic N) is 2. The summed E-state index contributed by atoms with van der Waals surface area (Å²) in [5.74, 6) is -0.0774. The summed E-state index contributed by atoms with van der Waals surface area (Å²) in [6.07, 6.45) is 0.439. The molecule has 6 heteroatoms. The Bertz CT molecular complexity index is 882. The number of aryl methyl sites for hydroxylation is 3. The van der Waals surface area contributed by atoms with Gasteiger partial charge in [0.15, 0.2) is 5.78 Å². The summed E-state index contributed by atoms with van der Waals surface area (Å²) >= 11 is 1.62. The van der Waals surface area contributed by atoms with Gasteiger partial charge in [0.05, 0.1) is 0 Å². The van der Waals surface area contributed by atoms with Gasteiger partial charge in [0, 0.05) is 65.7 Å². The van der Waals surface area contributed by atoms with Gasteiger partial charge in [0.25, 0.3) is 0 Å². The number of thiophene rings is 1. The molecule has 0 unspecified atom stereocenters. The van der Waals surface area contributed by atoms with E-state index in [2.05, 4.69) is 35.0 Å². The number of nitrogens with one attached hydrogen (secondary N) is 1. The third kappa shape index (κ3) is 5.46. The SMILES string of the molecule is CCN1CCN(c2ccc(NC(=O)CCC(=O)c3cc(C)sc3C)cc2C)CC1. The molecule has 2 aromatic rings. The first-order valence-electron chi connectivity index (χ1n) is 10.4. The quantitative estimate of drug-likeness (QED) is 0.683. The maximum Gasteiger partial charge on any atom is 0.224 e. The zero-order valence-corrected chi connectivity index (χ0v) is 18.7. The van der Waals surface area contributed by atoms with Crippen LogP contribution in [0.5, 0.6) is 0 Å². The molecule has 2 heterocycles. The van der Waals surface area contributed by atoms with E-state index in [1.807, 2.05) is 32.0 Å². The van der Waals surface area contributed by atoms with Crippen LogP contribution in [-0.4, -0.2) is 49.3 Å². The number of ketones is 1. The Hall–Kier alpha value is -2.18. The average Bonchev–Trinajstić information content (AvgIpc) is 3.04. The molecule has 156 valence electrons. The van der Waals surface area contributed by atoms with Gasteiger partial charge in [-0.2, -0.15) is 0 Å². The van der Waals surface area contributed by atoms with E-state index in [4.69, 9.17) is 0 Å². The van der Waals surface area contributed by atoms with Gasteiger partial charge in [-0.15, -0.1) is 11.3 Å². The molecule has 1 saturated heterocycles. The molecule has 1 aliphatic heterocycles. The van der Waals surface area contributed by atoms with E-state index in [1.165, 1.54) is 5.69 Å². The third-order valence-corrected chi connectivity index (χ3v) is 6.53. The Morgan fingerprint density at radius 1 is 1.03 bits per heavy atom. The van der Waals surface area contributed by atoms with Crippen molar-refractivity contribution in [2.24, 2.45) is 0 Å². The summed E-state index contributed by atoms with van der Waals surface area (Å²) in [5, 5.41) is 2.94. The van der Waals surface area contributed by atoms with E-state index in [-0.39, 0.29) is 24.5 Å². The molecule has 1 fully saturated rings. The number of rotatable bonds is 7. The molecule has 0 radical (unpaired) electrons. The van der Waals surface area contributed by atoms with E-state index < -0.39 is 0 Å². The summed E-state index contributed by atoms with van der Waals surface area (Å²) in [7, 11) is 0. The molecule has 1 aromatic carbocycles. The van der Waals surface area contributed by atoms with Crippen LogP contribution in [0.3, 0.4) is 0 Å². The summed E-state index contributed by atoms with van der Waals surface area (Å²) in [4.78, 5) is 31.7. The number of carbonyl (C=O) groups is 2. The van der Waals surface area contributed by atoms with Crippen molar-refractivity contribution in [2.45, 2.75) is 40.5 Å². The molecular formula is C23H31N3O2S. The molecule has 1 amide bonds. The fourth-order valence-electron chi connectivity index (χ4n) is 3.89. The number of likely N-dealkylation sites (N-methyl/N-ethyl adjacent to an activating group) is 1. The minimum Gasteiger partial charge on any atom is -0.369 e. The van der Waals surface area contributed by atoms with Crippen molar-refractivity contribution in [3.63, 3.8) is 0 Å². The van der Waals surface area contributed by atoms with Crippen LogP contribution in [0.1, 0.15) is 45.4 Å². The standard InChI is InChI=1S/C23H31N3O2S/c1-5-25-10-12-26(13-11-25)21-7-6-19(14-16(21)2)24-23(28)9-8-22(27)20-15-17(3)29-18(20)4/h6-7,14-15H,5,8-13H2,1-4H3,(H,24,28). The lowest BCUT2D eigenvalue weighted by Gasteiger charge is -2.36. The minimum atomic E-state index is -0.119. The predicted molar refractivity (Wildman–Crippen MR) is 121 cm³/mol. The predicted octanol–water partition coefficient (Wildman–Crippen LogP) is 4.42. The molecule has 0 spiro atoms. The van der Waals surface area contributed by atoms with Gasteiger partial charge in [-0.1, -0.05) is 6.92 Å². The van der Waals surface area contributed by atoms with Crippen LogP contribution < -0.4 is 10.2 Å². The monoisotopic (exact) mass is 413 g/mol. The highest BCUT2D eigenvalue weighted by atomic mass is 32.1. The second-order valence-corrected chi connectivity index (χ2v) is 9.18. The Labute approximate surface area is 177 Å². The number of Topliss-reactive ketones (excluding diaryl/α,β-unsaturated/α-hetero) is 1. The van der Waals surface area contributed by atoms with Crippen molar-refractivity contribution >= 4 is 34.4 Å². The molecule has 0 bridgehead atoms. The van der Waals surface area contributed by atoms with Crippen molar-refractivity contribution in [3.8, 4) is 0 Å². The Balaban J connectivity index is 1.53. The third-order valence-electron chi connectivity index (χ3n) is 5.56. The van der Waals surface area contributed by atoms with Crippen molar-refractivity contribution in [2.75, 3.05) is 42.9 Å². The molecule has 5 nitrogen and oxygen atoms in total. The highest BCUT2D eigenvalue weighted by Crippen LogP contribution is 2.25. The van der Waals surface area contributed by atoms with Crippen LogP contribution in [0, 0.1) is 20.8 Å². The number of benzene rings is 1. The smallest absolute Gasteiger partial charge is 0.224 e. The zero-order chi connectivity index (χ0) is 21.0. The van der Waals surface area contributed by atoms with E-state index in [0.717, 1.165) is 59.3 Å². The van der Waals surface area contributed by atoms with Gasteiger partial charge >= 0.3 is 0 Å². The average molecular weight is 414 g/mol. The Kier molecular flexibility index (Phi) is 7.09. The lowest BCUT2D eigenvalue weighted by Crippen LogP contribution is -2.46. The summed E-state index contributed by atoms with van der Waals surface area (Å²) in [6.45, 7) is 13.6. The maximum absolute atomic E-state index is 12.4. The first-order chi connectivity index (χ1) is 13.9. The van der Waals surface area contributed by atoms with E-state index in [0.29, 0.717) is 0 Å². The van der Waals surface area contributed by atoms with Gasteiger partial charge in [0.1, 0.15) is 0 Å². The van der Waals surface area contributed by atoms with Crippen molar-refractivity contribution < 1.29 is 9.59 Å². The molecule has 1 aliphatic rings. The summed E-state index contributed by atoms with van der Waals surface area (Å²) in [5.41, 5.74) is 3.94. The summed E-state index contributed by atoms with van der Waals surface area (Å²) < 4.78 is 0. The normalized spacial score (nSPS) is 14.8. The lowest BCUT2D eigenvalue weighted by molar-refractivity contribution is -0.116. The fraction of sp³-hybridized carbons (Fsp3) is 0.478. The van der Waals surface area contributed by atoms with Crippen LogP contribution in [0.4, 0.5) is 11.4 Å². The van der Waals surface area contributed by atoms with E-state index in [1.54, 1.807) is 11.3 Å². The highest BCUT2D eigenvalue weighted by molar-refractivity contribution is 7.12. The van der Waals surface area contributed by atoms with Crippen LogP contribution in [0.2, 0.25) is 0 Å². The number of anilines is 2. The van der Waals surface area contributed by atoms with Crippen molar-refractivity contribution in [1.82, 2.24) is 4.90 Å². The Morgan fingerprint density at radius 2 is 1.76 bits per heavy atom. The molecule has 1 N–H and O–H groups in total. The fourth-order valence-corrected chi connectivity index (χ4v) is 4.83. The maximum atomic E-state index is 12.4. The van der Waals surface area contributed by atoms with Crippen LogP contribution >= 0.6 is 11.3 Å². The van der Waals surface area contributed by atoms with Crippen LogP contribution in [0.25, 0.3) is 0 Å². The second kappa shape index (κ2) is 9.55. The molecule has 0 aliphatic carbocycles. The van der Waals surface area contributed by atoms with Crippen molar-refractivity contribution in [3.05, 3.63) is 45.1 Å². The molecule has 0 atom stereocenters. The first-order valence-corrected chi connectivity index (χ1v) is 11.2. The molecular weight excluding hydrogens is 382 g/mol. The first kappa shape index (κ1) is 21.5. The molecule has 1 aromatic heterocycles. The highest BCUT2D eigenvalue weighted by Gasteiger charge is 2.18. The molecule has 29 heavy (non-hydrogen) atoms. The number of piperazine rings is 1. The number of carbonyl (C=O) groups excluding carboxylic acids is 2. The van der Waals surface area contributed by atoms with E-state index in [9.17, 15) is 9.59 Å². The molecule has 0 saturated carbocycles. The number of hydrogen-bond donors (Lipinski definition) is 1. The van der Waals surface area contributed by atoms with Gasteiger partial charge in [-0.3, -0.25) is 9.59 Å².